The standard InChI is InChI=1S/C15H26ClN/c1-5-7-8-10-15(4,9-6-2)14-13(16)12(3)11-17-14/h11,17H,5-10H2,1-4H3. The van der Waals surface area contributed by atoms with Crippen molar-refractivity contribution in [1.82, 2.24) is 4.98 Å². The molecule has 0 saturated carbocycles. The van der Waals surface area contributed by atoms with Gasteiger partial charge in [-0.2, -0.15) is 0 Å². The number of unbranched alkanes of at least 4 members (excludes halogenated alkanes) is 2. The summed E-state index contributed by atoms with van der Waals surface area (Å²) in [6.45, 7) is 8.93. The largest absolute Gasteiger partial charge is 0.363 e. The molecule has 98 valence electrons. The molecule has 0 spiro atoms. The van der Waals surface area contributed by atoms with Crippen LogP contribution in [0.25, 0.3) is 0 Å². The molecule has 1 aromatic rings. The van der Waals surface area contributed by atoms with Crippen LogP contribution in [0, 0.1) is 6.92 Å². The highest BCUT2D eigenvalue weighted by Gasteiger charge is 2.29. The SMILES string of the molecule is CCCCCC(C)(CCC)c1[nH]cc(C)c1Cl. The fourth-order valence-corrected chi connectivity index (χ4v) is 2.97. The minimum Gasteiger partial charge on any atom is -0.363 e. The number of nitrogens with one attached hydrogen (secondary N) is 1. The number of halogens is 1. The molecule has 0 aliphatic heterocycles. The smallest absolute Gasteiger partial charge is 0.0647 e. The van der Waals surface area contributed by atoms with Crippen LogP contribution >= 0.6 is 11.6 Å². The number of rotatable bonds is 7. The molecule has 1 atom stereocenters. The van der Waals surface area contributed by atoms with E-state index in [9.17, 15) is 0 Å². The van der Waals surface area contributed by atoms with E-state index in [4.69, 9.17) is 11.6 Å². The molecule has 1 heterocycles. The van der Waals surface area contributed by atoms with Crippen molar-refractivity contribution in [3.8, 4) is 0 Å². The molecule has 0 aliphatic rings. The summed E-state index contributed by atoms with van der Waals surface area (Å²) in [6.07, 6.45) is 9.56. The number of hydrogen-bond donors (Lipinski definition) is 1. The van der Waals surface area contributed by atoms with Gasteiger partial charge in [0.25, 0.3) is 0 Å². The fraction of sp³-hybridized carbons (Fsp3) is 0.733. The highest BCUT2D eigenvalue weighted by molar-refractivity contribution is 6.32. The number of aromatic nitrogens is 1. The van der Waals surface area contributed by atoms with E-state index in [2.05, 4.69) is 32.7 Å². The second kappa shape index (κ2) is 6.49. The van der Waals surface area contributed by atoms with Crippen LogP contribution in [-0.2, 0) is 5.41 Å². The zero-order valence-electron chi connectivity index (χ0n) is 11.7. The molecule has 1 N–H and O–H groups in total. The molecule has 0 radical (unpaired) electrons. The Bertz CT molecular complexity index is 343. The van der Waals surface area contributed by atoms with E-state index in [1.807, 2.05) is 6.20 Å². The zero-order valence-corrected chi connectivity index (χ0v) is 12.5. The molecule has 0 aliphatic carbocycles. The molecular formula is C15H26ClN. The van der Waals surface area contributed by atoms with Crippen LogP contribution in [0.1, 0.15) is 70.6 Å². The van der Waals surface area contributed by atoms with Crippen molar-refractivity contribution >= 4 is 11.6 Å². The first-order valence-corrected chi connectivity index (χ1v) is 7.27. The van der Waals surface area contributed by atoms with Gasteiger partial charge in [0.05, 0.1) is 5.02 Å². The molecule has 0 amide bonds. The maximum absolute atomic E-state index is 6.41. The van der Waals surface area contributed by atoms with Crippen molar-refractivity contribution < 1.29 is 0 Å². The van der Waals surface area contributed by atoms with Gasteiger partial charge in [-0.3, -0.25) is 0 Å². The van der Waals surface area contributed by atoms with Crippen molar-refractivity contribution in [2.24, 2.45) is 0 Å². The van der Waals surface area contributed by atoms with E-state index in [0.29, 0.717) is 0 Å². The van der Waals surface area contributed by atoms with Gasteiger partial charge in [0, 0.05) is 17.3 Å². The highest BCUT2D eigenvalue weighted by Crippen LogP contribution is 2.38. The van der Waals surface area contributed by atoms with Crippen LogP contribution in [0.2, 0.25) is 5.02 Å². The molecule has 1 aromatic heterocycles. The summed E-state index contributed by atoms with van der Waals surface area (Å²) in [4.78, 5) is 3.39. The fourth-order valence-electron chi connectivity index (χ4n) is 2.64. The maximum atomic E-state index is 6.41. The topological polar surface area (TPSA) is 15.8 Å². The van der Waals surface area contributed by atoms with Crippen LogP contribution < -0.4 is 0 Å². The first-order valence-electron chi connectivity index (χ1n) is 6.89. The molecule has 17 heavy (non-hydrogen) atoms. The molecule has 1 rings (SSSR count). The Balaban J connectivity index is 2.86. The van der Waals surface area contributed by atoms with Crippen LogP contribution in [0.15, 0.2) is 6.20 Å². The summed E-state index contributed by atoms with van der Waals surface area (Å²) in [6, 6.07) is 0. The van der Waals surface area contributed by atoms with E-state index in [-0.39, 0.29) is 5.41 Å². The zero-order chi connectivity index (χ0) is 12.9. The number of aromatic amines is 1. The van der Waals surface area contributed by atoms with Crippen LogP contribution in [0.3, 0.4) is 0 Å². The van der Waals surface area contributed by atoms with Gasteiger partial charge in [0.1, 0.15) is 0 Å². The summed E-state index contributed by atoms with van der Waals surface area (Å²) in [5.41, 5.74) is 2.63. The molecule has 1 nitrogen and oxygen atoms in total. The lowest BCUT2D eigenvalue weighted by molar-refractivity contribution is 0.371. The summed E-state index contributed by atoms with van der Waals surface area (Å²) in [5.74, 6) is 0. The Morgan fingerprint density at radius 1 is 1.18 bits per heavy atom. The highest BCUT2D eigenvalue weighted by atomic mass is 35.5. The third kappa shape index (κ3) is 3.51. The first-order chi connectivity index (χ1) is 8.05. The predicted molar refractivity (Wildman–Crippen MR) is 76.9 cm³/mol. The lowest BCUT2D eigenvalue weighted by atomic mass is 9.77. The Kier molecular flexibility index (Phi) is 5.58. The third-order valence-electron chi connectivity index (χ3n) is 3.74. The Morgan fingerprint density at radius 3 is 2.35 bits per heavy atom. The third-order valence-corrected chi connectivity index (χ3v) is 4.22. The van der Waals surface area contributed by atoms with E-state index in [0.717, 1.165) is 5.02 Å². The molecule has 0 bridgehead atoms. The van der Waals surface area contributed by atoms with Crippen molar-refractivity contribution in [1.29, 1.82) is 0 Å². The van der Waals surface area contributed by atoms with Crippen LogP contribution in [0.4, 0.5) is 0 Å². The minimum absolute atomic E-state index is 0.218. The maximum Gasteiger partial charge on any atom is 0.0647 e. The van der Waals surface area contributed by atoms with Gasteiger partial charge in [-0.1, -0.05) is 58.1 Å². The van der Waals surface area contributed by atoms with Gasteiger partial charge in [-0.15, -0.1) is 0 Å². The van der Waals surface area contributed by atoms with Gasteiger partial charge < -0.3 is 4.98 Å². The lowest BCUT2D eigenvalue weighted by Crippen LogP contribution is -2.22. The molecule has 0 saturated heterocycles. The molecule has 0 fully saturated rings. The quantitative estimate of drug-likeness (QED) is 0.609. The Morgan fingerprint density at radius 2 is 1.88 bits per heavy atom. The summed E-state index contributed by atoms with van der Waals surface area (Å²) < 4.78 is 0. The van der Waals surface area contributed by atoms with E-state index in [1.54, 1.807) is 0 Å². The lowest BCUT2D eigenvalue weighted by Gasteiger charge is -2.29. The monoisotopic (exact) mass is 255 g/mol. The second-order valence-corrected chi connectivity index (χ2v) is 5.81. The van der Waals surface area contributed by atoms with Crippen molar-refractivity contribution in [3.63, 3.8) is 0 Å². The van der Waals surface area contributed by atoms with Gasteiger partial charge in [0.15, 0.2) is 0 Å². The summed E-state index contributed by atoms with van der Waals surface area (Å²) in [7, 11) is 0. The Hall–Kier alpha value is -0.430. The molecular weight excluding hydrogens is 230 g/mol. The predicted octanol–water partition coefficient (Wildman–Crippen LogP) is 5.61. The number of aryl methyl sites for hydroxylation is 1. The number of hydrogen-bond acceptors (Lipinski definition) is 0. The van der Waals surface area contributed by atoms with Crippen LogP contribution in [0.5, 0.6) is 0 Å². The normalized spacial score (nSPS) is 14.9. The van der Waals surface area contributed by atoms with Crippen molar-refractivity contribution in [2.45, 2.75) is 71.6 Å². The van der Waals surface area contributed by atoms with E-state index >= 15 is 0 Å². The van der Waals surface area contributed by atoms with Gasteiger partial charge in [0.2, 0.25) is 0 Å². The molecule has 1 unspecified atom stereocenters. The number of H-pyrrole nitrogens is 1. The molecule has 2 heteroatoms. The van der Waals surface area contributed by atoms with Gasteiger partial charge in [-0.05, 0) is 25.3 Å². The summed E-state index contributed by atoms with van der Waals surface area (Å²) in [5, 5.41) is 0.942. The molecule has 0 aromatic carbocycles. The van der Waals surface area contributed by atoms with Crippen LogP contribution in [-0.4, -0.2) is 4.98 Å². The van der Waals surface area contributed by atoms with Crippen molar-refractivity contribution in [3.05, 3.63) is 22.5 Å². The van der Waals surface area contributed by atoms with Gasteiger partial charge in [-0.25, -0.2) is 0 Å². The van der Waals surface area contributed by atoms with E-state index in [1.165, 1.54) is 49.8 Å². The van der Waals surface area contributed by atoms with E-state index < -0.39 is 0 Å². The Labute approximate surface area is 111 Å². The minimum atomic E-state index is 0.218. The first kappa shape index (κ1) is 14.6. The van der Waals surface area contributed by atoms with Gasteiger partial charge >= 0.3 is 0 Å². The summed E-state index contributed by atoms with van der Waals surface area (Å²) >= 11 is 6.41. The second-order valence-electron chi connectivity index (χ2n) is 5.43. The average Bonchev–Trinajstić information content (AvgIpc) is 2.61. The van der Waals surface area contributed by atoms with Crippen molar-refractivity contribution in [2.75, 3.05) is 0 Å². The average molecular weight is 256 g/mol.